The van der Waals surface area contributed by atoms with Crippen LogP contribution in [0.5, 0.6) is 0 Å². The third-order valence-corrected chi connectivity index (χ3v) is 4.97. The average molecular weight is 306 g/mol. The van der Waals surface area contributed by atoms with Gasteiger partial charge in [-0.1, -0.05) is 0 Å². The number of carbonyl (C=O) groups excluding carboxylic acids is 1. The van der Waals surface area contributed by atoms with Gasteiger partial charge in [0.2, 0.25) is 5.91 Å². The molecule has 1 saturated carbocycles. The zero-order valence-electron chi connectivity index (χ0n) is 12.4. The number of alkyl halides is 3. The van der Waals surface area contributed by atoms with Crippen LogP contribution in [-0.4, -0.2) is 36.1 Å². The lowest BCUT2D eigenvalue weighted by Gasteiger charge is -2.33. The van der Waals surface area contributed by atoms with Crippen LogP contribution in [0.2, 0.25) is 0 Å². The molecule has 2 N–H and O–H groups in total. The third-order valence-electron chi connectivity index (χ3n) is 4.97. The fourth-order valence-corrected chi connectivity index (χ4v) is 3.42. The molecule has 1 heterocycles. The quantitative estimate of drug-likeness (QED) is 0.871. The first-order valence-corrected chi connectivity index (χ1v) is 7.96. The summed E-state index contributed by atoms with van der Waals surface area (Å²) in [7, 11) is 0. The summed E-state index contributed by atoms with van der Waals surface area (Å²) in [5, 5.41) is 0. The second kappa shape index (κ2) is 6.99. The van der Waals surface area contributed by atoms with Crippen LogP contribution in [0.1, 0.15) is 51.4 Å². The van der Waals surface area contributed by atoms with E-state index in [1.807, 2.05) is 0 Å². The van der Waals surface area contributed by atoms with Crippen LogP contribution >= 0.6 is 0 Å². The Kier molecular flexibility index (Phi) is 5.52. The average Bonchev–Trinajstić information content (AvgIpc) is 2.45. The largest absolute Gasteiger partial charge is 0.391 e. The van der Waals surface area contributed by atoms with Crippen LogP contribution in [0, 0.1) is 11.8 Å². The maximum Gasteiger partial charge on any atom is 0.391 e. The van der Waals surface area contributed by atoms with Crippen molar-refractivity contribution in [2.75, 3.05) is 13.1 Å². The molecule has 0 unspecified atom stereocenters. The van der Waals surface area contributed by atoms with Gasteiger partial charge in [-0.05, 0) is 50.9 Å². The van der Waals surface area contributed by atoms with Crippen LogP contribution in [0.4, 0.5) is 13.2 Å². The van der Waals surface area contributed by atoms with Gasteiger partial charge in [-0.2, -0.15) is 13.2 Å². The number of nitrogens with two attached hydrogens (primary N) is 1. The Labute approximate surface area is 124 Å². The summed E-state index contributed by atoms with van der Waals surface area (Å²) in [4.78, 5) is 13.7. The Balaban J connectivity index is 1.68. The molecular weight excluding hydrogens is 281 g/mol. The van der Waals surface area contributed by atoms with Crippen molar-refractivity contribution in [1.29, 1.82) is 0 Å². The number of nitrogens with zero attached hydrogens (tertiary/aromatic N) is 1. The lowest BCUT2D eigenvalue weighted by Crippen LogP contribution is -2.42. The molecule has 0 bridgehead atoms. The number of rotatable bonds is 3. The van der Waals surface area contributed by atoms with Gasteiger partial charge in [0.1, 0.15) is 0 Å². The Morgan fingerprint density at radius 1 is 1.05 bits per heavy atom. The van der Waals surface area contributed by atoms with Gasteiger partial charge < -0.3 is 10.6 Å². The van der Waals surface area contributed by atoms with Crippen LogP contribution in [-0.2, 0) is 4.79 Å². The highest BCUT2D eigenvalue weighted by atomic mass is 19.4. The highest BCUT2D eigenvalue weighted by Gasteiger charge is 2.41. The lowest BCUT2D eigenvalue weighted by atomic mass is 9.83. The maximum atomic E-state index is 12.6. The molecule has 2 rings (SSSR count). The summed E-state index contributed by atoms with van der Waals surface area (Å²) in [6.07, 6.45) is 1.50. The summed E-state index contributed by atoms with van der Waals surface area (Å²) >= 11 is 0. The Morgan fingerprint density at radius 2 is 1.62 bits per heavy atom. The molecule has 0 spiro atoms. The molecule has 0 aromatic heterocycles. The van der Waals surface area contributed by atoms with E-state index in [4.69, 9.17) is 5.73 Å². The SMILES string of the molecule is NC1CCC(CCC(=O)N2CCC(C(F)(F)F)CC2)CC1. The molecule has 0 aromatic carbocycles. The number of piperidine rings is 1. The highest BCUT2D eigenvalue weighted by molar-refractivity contribution is 5.76. The second-order valence-corrected chi connectivity index (χ2v) is 6.52. The molecule has 122 valence electrons. The Hall–Kier alpha value is -0.780. The van der Waals surface area contributed by atoms with Crippen molar-refractivity contribution >= 4 is 5.91 Å². The van der Waals surface area contributed by atoms with Gasteiger partial charge in [0.05, 0.1) is 5.92 Å². The van der Waals surface area contributed by atoms with Crippen molar-refractivity contribution in [2.24, 2.45) is 17.6 Å². The third kappa shape index (κ3) is 4.87. The minimum Gasteiger partial charge on any atom is -0.343 e. The fourth-order valence-electron chi connectivity index (χ4n) is 3.42. The molecule has 1 saturated heterocycles. The molecular formula is C15H25F3N2O. The normalized spacial score (nSPS) is 28.7. The van der Waals surface area contributed by atoms with E-state index in [1.165, 1.54) is 0 Å². The molecule has 1 amide bonds. The number of hydrogen-bond donors (Lipinski definition) is 1. The highest BCUT2D eigenvalue weighted by Crippen LogP contribution is 2.34. The molecule has 1 aliphatic carbocycles. The van der Waals surface area contributed by atoms with Gasteiger partial charge in [-0.15, -0.1) is 0 Å². The molecule has 0 radical (unpaired) electrons. The van der Waals surface area contributed by atoms with Gasteiger partial charge in [0, 0.05) is 25.6 Å². The standard InChI is InChI=1S/C15H25F3N2O/c16-15(17,18)12-7-9-20(10-8-12)14(21)6-3-11-1-4-13(19)5-2-11/h11-13H,1-10,19H2. The number of likely N-dealkylation sites (tertiary alicyclic amines) is 1. The number of halogens is 3. The molecule has 1 aliphatic heterocycles. The topological polar surface area (TPSA) is 46.3 Å². The van der Waals surface area contributed by atoms with E-state index in [1.54, 1.807) is 4.90 Å². The zero-order chi connectivity index (χ0) is 15.5. The first kappa shape index (κ1) is 16.6. The molecule has 0 atom stereocenters. The van der Waals surface area contributed by atoms with E-state index in [2.05, 4.69) is 0 Å². The predicted octanol–water partition coefficient (Wildman–Crippen LogP) is 3.09. The van der Waals surface area contributed by atoms with E-state index in [0.29, 0.717) is 18.4 Å². The van der Waals surface area contributed by atoms with Crippen LogP contribution in [0.3, 0.4) is 0 Å². The summed E-state index contributed by atoms with van der Waals surface area (Å²) in [6.45, 7) is 0.497. The number of amides is 1. The van der Waals surface area contributed by atoms with Gasteiger partial charge in [-0.25, -0.2) is 0 Å². The first-order valence-electron chi connectivity index (χ1n) is 7.96. The van der Waals surface area contributed by atoms with E-state index in [-0.39, 0.29) is 31.8 Å². The monoisotopic (exact) mass is 306 g/mol. The maximum absolute atomic E-state index is 12.6. The minimum atomic E-state index is -4.12. The number of carbonyl (C=O) groups is 1. The number of hydrogen-bond acceptors (Lipinski definition) is 2. The van der Waals surface area contributed by atoms with Crippen molar-refractivity contribution in [3.8, 4) is 0 Å². The molecule has 3 nitrogen and oxygen atoms in total. The van der Waals surface area contributed by atoms with E-state index in [9.17, 15) is 18.0 Å². The summed E-state index contributed by atoms with van der Waals surface area (Å²) in [5.74, 6) is -0.659. The van der Waals surface area contributed by atoms with Gasteiger partial charge in [0.15, 0.2) is 0 Å². The minimum absolute atomic E-state index is 0.0190. The molecule has 0 aromatic rings. The fraction of sp³-hybridized carbons (Fsp3) is 0.933. The Bertz CT molecular complexity index is 343. The van der Waals surface area contributed by atoms with Crippen molar-refractivity contribution in [3.63, 3.8) is 0 Å². The molecule has 2 aliphatic rings. The van der Waals surface area contributed by atoms with Crippen molar-refractivity contribution < 1.29 is 18.0 Å². The van der Waals surface area contributed by atoms with Crippen molar-refractivity contribution in [2.45, 2.75) is 63.6 Å². The van der Waals surface area contributed by atoms with Crippen LogP contribution in [0.15, 0.2) is 0 Å². The van der Waals surface area contributed by atoms with Crippen LogP contribution in [0.25, 0.3) is 0 Å². The Morgan fingerprint density at radius 3 is 2.14 bits per heavy atom. The van der Waals surface area contributed by atoms with Gasteiger partial charge >= 0.3 is 6.18 Å². The van der Waals surface area contributed by atoms with Gasteiger partial charge in [0.25, 0.3) is 0 Å². The zero-order valence-corrected chi connectivity index (χ0v) is 12.4. The predicted molar refractivity (Wildman–Crippen MR) is 74.5 cm³/mol. The van der Waals surface area contributed by atoms with Crippen LogP contribution < -0.4 is 5.73 Å². The summed E-state index contributed by atoms with van der Waals surface area (Å²) < 4.78 is 37.7. The van der Waals surface area contributed by atoms with E-state index in [0.717, 1.165) is 32.1 Å². The summed E-state index contributed by atoms with van der Waals surface area (Å²) in [5.41, 5.74) is 5.85. The second-order valence-electron chi connectivity index (χ2n) is 6.52. The lowest BCUT2D eigenvalue weighted by molar-refractivity contribution is -0.186. The van der Waals surface area contributed by atoms with Gasteiger partial charge in [-0.3, -0.25) is 4.79 Å². The summed E-state index contributed by atoms with van der Waals surface area (Å²) in [6, 6.07) is 0.304. The molecule has 21 heavy (non-hydrogen) atoms. The smallest absolute Gasteiger partial charge is 0.343 e. The van der Waals surface area contributed by atoms with Crippen molar-refractivity contribution in [3.05, 3.63) is 0 Å². The molecule has 6 heteroatoms. The van der Waals surface area contributed by atoms with Crippen molar-refractivity contribution in [1.82, 2.24) is 4.90 Å². The van der Waals surface area contributed by atoms with E-state index >= 15 is 0 Å². The first-order chi connectivity index (χ1) is 9.86. The van der Waals surface area contributed by atoms with E-state index < -0.39 is 12.1 Å². The molecule has 2 fully saturated rings.